The van der Waals surface area contributed by atoms with Crippen LogP contribution in [0.2, 0.25) is 0 Å². The van der Waals surface area contributed by atoms with Crippen molar-refractivity contribution in [3.63, 3.8) is 0 Å². The van der Waals surface area contributed by atoms with E-state index in [4.69, 9.17) is 9.47 Å². The lowest BCUT2D eigenvalue weighted by Crippen LogP contribution is -2.23. The largest absolute Gasteiger partial charge is 0.497 e. The van der Waals surface area contributed by atoms with Gasteiger partial charge in [-0.3, -0.25) is 4.79 Å². The molecule has 0 spiro atoms. The Morgan fingerprint density at radius 1 is 1.23 bits per heavy atom. The summed E-state index contributed by atoms with van der Waals surface area (Å²) < 4.78 is 10.4. The van der Waals surface area contributed by atoms with E-state index in [0.29, 0.717) is 18.0 Å². The van der Waals surface area contributed by atoms with E-state index in [0.717, 1.165) is 12.0 Å². The van der Waals surface area contributed by atoms with E-state index in [9.17, 15) is 4.79 Å². The van der Waals surface area contributed by atoms with Crippen LogP contribution in [0.5, 0.6) is 11.5 Å². The van der Waals surface area contributed by atoms with Gasteiger partial charge in [-0.2, -0.15) is 11.3 Å². The first-order chi connectivity index (χ1) is 10.7. The van der Waals surface area contributed by atoms with Gasteiger partial charge in [-0.15, -0.1) is 0 Å². The maximum absolute atomic E-state index is 11.8. The third kappa shape index (κ3) is 4.93. The Morgan fingerprint density at radius 3 is 2.55 bits per heavy atom. The SMILES string of the molecule is COc1cc(/C=C/C(=O)NCCc2ccsc2)cc(OC)c1. The summed E-state index contributed by atoms with van der Waals surface area (Å²) in [5.74, 6) is 1.27. The van der Waals surface area contributed by atoms with Crippen molar-refractivity contribution in [2.45, 2.75) is 6.42 Å². The van der Waals surface area contributed by atoms with Gasteiger partial charge in [0, 0.05) is 18.7 Å². The fourth-order valence-corrected chi connectivity index (χ4v) is 2.62. The van der Waals surface area contributed by atoms with Crippen molar-refractivity contribution in [2.24, 2.45) is 0 Å². The van der Waals surface area contributed by atoms with E-state index in [1.54, 1.807) is 37.7 Å². The van der Waals surface area contributed by atoms with E-state index in [1.807, 2.05) is 17.5 Å². The highest BCUT2D eigenvalue weighted by Gasteiger charge is 2.01. The normalized spacial score (nSPS) is 10.6. The number of rotatable bonds is 7. The predicted octanol–water partition coefficient (Wildman–Crippen LogP) is 3.14. The Labute approximate surface area is 134 Å². The number of hydrogen-bond acceptors (Lipinski definition) is 4. The predicted molar refractivity (Wildman–Crippen MR) is 89.6 cm³/mol. The van der Waals surface area contributed by atoms with Crippen LogP contribution in [0, 0.1) is 0 Å². The fourth-order valence-electron chi connectivity index (χ4n) is 1.92. The van der Waals surface area contributed by atoms with E-state index in [-0.39, 0.29) is 5.91 Å². The summed E-state index contributed by atoms with van der Waals surface area (Å²) in [4.78, 5) is 11.8. The second-order valence-electron chi connectivity index (χ2n) is 4.65. The zero-order chi connectivity index (χ0) is 15.8. The van der Waals surface area contributed by atoms with Crippen LogP contribution in [-0.2, 0) is 11.2 Å². The first-order valence-corrected chi connectivity index (χ1v) is 7.85. The molecule has 0 saturated carbocycles. The molecule has 0 aliphatic carbocycles. The van der Waals surface area contributed by atoms with E-state index < -0.39 is 0 Å². The molecule has 5 heteroatoms. The monoisotopic (exact) mass is 317 g/mol. The van der Waals surface area contributed by atoms with Crippen LogP contribution in [0.15, 0.2) is 41.1 Å². The van der Waals surface area contributed by atoms with Crippen LogP contribution >= 0.6 is 11.3 Å². The highest BCUT2D eigenvalue weighted by Crippen LogP contribution is 2.23. The zero-order valence-electron chi connectivity index (χ0n) is 12.7. The molecule has 1 aromatic heterocycles. The van der Waals surface area contributed by atoms with Crippen molar-refractivity contribution >= 4 is 23.3 Å². The lowest BCUT2D eigenvalue weighted by Gasteiger charge is -2.06. The Balaban J connectivity index is 1.88. The van der Waals surface area contributed by atoms with Crippen LogP contribution in [0.1, 0.15) is 11.1 Å². The topological polar surface area (TPSA) is 47.6 Å². The molecule has 1 N–H and O–H groups in total. The number of thiophene rings is 1. The molecule has 116 valence electrons. The Bertz CT molecular complexity index is 613. The lowest BCUT2D eigenvalue weighted by molar-refractivity contribution is -0.116. The summed E-state index contributed by atoms with van der Waals surface area (Å²) in [7, 11) is 3.19. The van der Waals surface area contributed by atoms with Crippen molar-refractivity contribution < 1.29 is 14.3 Å². The molecule has 4 nitrogen and oxygen atoms in total. The number of ether oxygens (including phenoxy) is 2. The van der Waals surface area contributed by atoms with Crippen LogP contribution in [0.4, 0.5) is 0 Å². The minimum atomic E-state index is -0.114. The Hall–Kier alpha value is -2.27. The summed E-state index contributed by atoms with van der Waals surface area (Å²) in [5.41, 5.74) is 2.09. The van der Waals surface area contributed by atoms with Gasteiger partial charge in [0.1, 0.15) is 11.5 Å². The quantitative estimate of drug-likeness (QED) is 0.798. The fraction of sp³-hybridized carbons (Fsp3) is 0.235. The first kappa shape index (κ1) is 16.1. The van der Waals surface area contributed by atoms with Crippen molar-refractivity contribution in [1.29, 1.82) is 0 Å². The number of hydrogen-bond donors (Lipinski definition) is 1. The lowest BCUT2D eigenvalue weighted by atomic mass is 10.2. The minimum absolute atomic E-state index is 0.114. The molecule has 0 saturated heterocycles. The molecule has 2 aromatic rings. The number of benzene rings is 1. The van der Waals surface area contributed by atoms with Crippen LogP contribution in [-0.4, -0.2) is 26.7 Å². The second-order valence-corrected chi connectivity index (χ2v) is 5.43. The Kier molecular flexibility index (Phi) is 6.03. The molecule has 2 rings (SSSR count). The van der Waals surface area contributed by atoms with Gasteiger partial charge < -0.3 is 14.8 Å². The van der Waals surface area contributed by atoms with Gasteiger partial charge in [0.15, 0.2) is 0 Å². The van der Waals surface area contributed by atoms with Gasteiger partial charge in [-0.05, 0) is 52.6 Å². The Morgan fingerprint density at radius 2 is 1.95 bits per heavy atom. The van der Waals surface area contributed by atoms with E-state index in [2.05, 4.69) is 16.8 Å². The van der Waals surface area contributed by atoms with Crippen molar-refractivity contribution in [3.05, 3.63) is 52.2 Å². The van der Waals surface area contributed by atoms with Gasteiger partial charge in [0.25, 0.3) is 0 Å². The van der Waals surface area contributed by atoms with Gasteiger partial charge in [-0.25, -0.2) is 0 Å². The van der Waals surface area contributed by atoms with Crippen molar-refractivity contribution in [2.75, 3.05) is 20.8 Å². The molecule has 1 aromatic carbocycles. The molecule has 0 aliphatic heterocycles. The average Bonchev–Trinajstić information content (AvgIpc) is 3.06. The first-order valence-electron chi connectivity index (χ1n) is 6.91. The molecule has 0 radical (unpaired) electrons. The molecule has 22 heavy (non-hydrogen) atoms. The summed E-state index contributed by atoms with van der Waals surface area (Å²) in [6.07, 6.45) is 4.10. The van der Waals surface area contributed by atoms with E-state index >= 15 is 0 Å². The molecule has 0 unspecified atom stereocenters. The van der Waals surface area contributed by atoms with Crippen LogP contribution in [0.3, 0.4) is 0 Å². The van der Waals surface area contributed by atoms with Gasteiger partial charge in [-0.1, -0.05) is 0 Å². The van der Waals surface area contributed by atoms with Crippen molar-refractivity contribution in [1.82, 2.24) is 5.32 Å². The molecule has 0 aliphatic rings. The third-order valence-corrected chi connectivity index (χ3v) is 3.83. The number of carbonyl (C=O) groups excluding carboxylic acids is 1. The summed E-state index contributed by atoms with van der Waals surface area (Å²) in [5, 5.41) is 6.99. The van der Waals surface area contributed by atoms with Crippen molar-refractivity contribution in [3.8, 4) is 11.5 Å². The molecule has 0 bridgehead atoms. The van der Waals surface area contributed by atoms with Crippen LogP contribution in [0.25, 0.3) is 6.08 Å². The molecule has 0 fully saturated rings. The van der Waals surface area contributed by atoms with Gasteiger partial charge >= 0.3 is 0 Å². The number of carbonyl (C=O) groups is 1. The summed E-state index contributed by atoms with van der Waals surface area (Å²) in [6, 6.07) is 7.54. The minimum Gasteiger partial charge on any atom is -0.497 e. The van der Waals surface area contributed by atoms with E-state index in [1.165, 1.54) is 11.6 Å². The number of methoxy groups -OCH3 is 2. The smallest absolute Gasteiger partial charge is 0.244 e. The number of amides is 1. The van der Waals surface area contributed by atoms with Crippen LogP contribution < -0.4 is 14.8 Å². The zero-order valence-corrected chi connectivity index (χ0v) is 13.5. The maximum Gasteiger partial charge on any atom is 0.244 e. The molecule has 1 amide bonds. The third-order valence-electron chi connectivity index (χ3n) is 3.09. The maximum atomic E-state index is 11.8. The highest BCUT2D eigenvalue weighted by atomic mass is 32.1. The molecule has 0 atom stereocenters. The molecular formula is C17H19NO3S. The standard InChI is InChI=1S/C17H19NO3S/c1-20-15-9-14(10-16(11-15)21-2)3-4-17(19)18-7-5-13-6-8-22-12-13/h3-4,6,8-12H,5,7H2,1-2H3,(H,18,19)/b4-3+. The molecular weight excluding hydrogens is 298 g/mol. The highest BCUT2D eigenvalue weighted by molar-refractivity contribution is 7.07. The second kappa shape index (κ2) is 8.24. The summed E-state index contributed by atoms with van der Waals surface area (Å²) in [6.45, 7) is 0.626. The number of nitrogens with one attached hydrogen (secondary N) is 1. The average molecular weight is 317 g/mol. The molecule has 1 heterocycles. The summed E-state index contributed by atoms with van der Waals surface area (Å²) >= 11 is 1.66. The van der Waals surface area contributed by atoms with Gasteiger partial charge in [0.05, 0.1) is 14.2 Å². The van der Waals surface area contributed by atoms with Gasteiger partial charge in [0.2, 0.25) is 5.91 Å².